The highest BCUT2D eigenvalue weighted by Crippen LogP contribution is 2.38. The van der Waals surface area contributed by atoms with E-state index in [9.17, 15) is 0 Å². The van der Waals surface area contributed by atoms with Gasteiger partial charge in [0, 0.05) is 24.4 Å². The molecular weight excluding hydrogens is 264 g/mol. The summed E-state index contributed by atoms with van der Waals surface area (Å²) < 4.78 is 7.45. The van der Waals surface area contributed by atoms with Crippen LogP contribution in [0.2, 0.25) is 0 Å². The van der Waals surface area contributed by atoms with Crippen LogP contribution in [0.1, 0.15) is 68.8 Å². The highest BCUT2D eigenvalue weighted by molar-refractivity contribution is 5.16. The normalized spacial score (nSPS) is 16.3. The van der Waals surface area contributed by atoms with Crippen molar-refractivity contribution in [3.05, 3.63) is 35.7 Å². The van der Waals surface area contributed by atoms with Gasteiger partial charge in [-0.2, -0.15) is 4.98 Å². The summed E-state index contributed by atoms with van der Waals surface area (Å²) in [5.41, 5.74) is 1.33. The van der Waals surface area contributed by atoms with Gasteiger partial charge >= 0.3 is 0 Å². The molecule has 2 aromatic rings. The van der Waals surface area contributed by atoms with Crippen LogP contribution in [0, 0.1) is 0 Å². The van der Waals surface area contributed by atoms with E-state index < -0.39 is 0 Å². The third-order valence-electron chi connectivity index (χ3n) is 3.97. The van der Waals surface area contributed by atoms with Crippen LogP contribution in [-0.2, 0) is 6.54 Å². The smallest absolute Gasteiger partial charge is 0.246 e. The molecule has 5 nitrogen and oxygen atoms in total. The zero-order chi connectivity index (χ0) is 14.7. The second-order valence-corrected chi connectivity index (χ2v) is 5.85. The molecule has 114 valence electrons. The van der Waals surface area contributed by atoms with Gasteiger partial charge in [-0.25, -0.2) is 0 Å². The van der Waals surface area contributed by atoms with Crippen molar-refractivity contribution in [3.8, 4) is 0 Å². The number of nitrogens with zero attached hydrogens (tertiary/aromatic N) is 3. The molecule has 1 aliphatic rings. The lowest BCUT2D eigenvalue weighted by Crippen LogP contribution is -2.21. The predicted octanol–water partition coefficient (Wildman–Crippen LogP) is 3.25. The minimum absolute atomic E-state index is 0.427. The second-order valence-electron chi connectivity index (χ2n) is 5.85. The van der Waals surface area contributed by atoms with E-state index in [1.807, 2.05) is 0 Å². The maximum absolute atomic E-state index is 5.33. The quantitative estimate of drug-likeness (QED) is 0.810. The Morgan fingerprint density at radius 1 is 1.43 bits per heavy atom. The van der Waals surface area contributed by atoms with E-state index in [0.717, 1.165) is 25.2 Å². The van der Waals surface area contributed by atoms with Gasteiger partial charge < -0.3 is 14.4 Å². The summed E-state index contributed by atoms with van der Waals surface area (Å²) in [7, 11) is 0. The highest BCUT2D eigenvalue weighted by Gasteiger charge is 2.28. The number of aromatic nitrogens is 3. The van der Waals surface area contributed by atoms with Crippen molar-refractivity contribution in [3.63, 3.8) is 0 Å². The summed E-state index contributed by atoms with van der Waals surface area (Å²) in [5, 5.41) is 7.64. The van der Waals surface area contributed by atoms with Crippen LogP contribution in [0.4, 0.5) is 0 Å². The number of hydrogen-bond donors (Lipinski definition) is 1. The third kappa shape index (κ3) is 3.53. The van der Waals surface area contributed by atoms with Gasteiger partial charge in [0.25, 0.3) is 0 Å². The Balaban J connectivity index is 1.63. The van der Waals surface area contributed by atoms with Crippen LogP contribution < -0.4 is 5.32 Å². The minimum atomic E-state index is 0.427. The third-order valence-corrected chi connectivity index (χ3v) is 3.97. The Morgan fingerprint density at radius 3 is 3.00 bits per heavy atom. The Morgan fingerprint density at radius 2 is 2.29 bits per heavy atom. The van der Waals surface area contributed by atoms with Gasteiger partial charge in [-0.3, -0.25) is 0 Å². The fourth-order valence-corrected chi connectivity index (χ4v) is 2.58. The molecule has 1 unspecified atom stereocenters. The van der Waals surface area contributed by atoms with Gasteiger partial charge in [-0.1, -0.05) is 19.0 Å². The first kappa shape index (κ1) is 14.3. The Labute approximate surface area is 125 Å². The van der Waals surface area contributed by atoms with Gasteiger partial charge in [-0.05, 0) is 43.9 Å². The van der Waals surface area contributed by atoms with Crippen molar-refractivity contribution in [2.24, 2.45) is 0 Å². The molecule has 5 heteroatoms. The molecule has 1 fully saturated rings. The molecule has 1 aliphatic carbocycles. The first-order valence-corrected chi connectivity index (χ1v) is 8.01. The standard InChI is InChI=1S/C16H24N4O/c1-3-8-17-14(4-2)13-7-9-20(10-13)11-15-18-16(19-21-15)12-5-6-12/h7,9-10,12,14,17H,3-6,8,11H2,1-2H3. The maximum Gasteiger partial charge on any atom is 0.246 e. The molecule has 0 aliphatic heterocycles. The molecular formula is C16H24N4O. The van der Waals surface area contributed by atoms with Crippen LogP contribution in [0.15, 0.2) is 23.0 Å². The van der Waals surface area contributed by atoms with E-state index >= 15 is 0 Å². The van der Waals surface area contributed by atoms with Crippen molar-refractivity contribution in [1.82, 2.24) is 20.0 Å². The lowest BCUT2D eigenvalue weighted by molar-refractivity contribution is 0.366. The number of rotatable bonds is 8. The van der Waals surface area contributed by atoms with Gasteiger partial charge in [0.05, 0.1) is 0 Å². The van der Waals surface area contributed by atoms with E-state index in [1.165, 1.54) is 18.4 Å². The van der Waals surface area contributed by atoms with Crippen LogP contribution in [0.25, 0.3) is 0 Å². The summed E-state index contributed by atoms with van der Waals surface area (Å²) in [5.74, 6) is 2.13. The van der Waals surface area contributed by atoms with Gasteiger partial charge in [0.1, 0.15) is 6.54 Å². The summed E-state index contributed by atoms with van der Waals surface area (Å²) in [6.45, 7) is 6.12. The molecule has 0 aromatic carbocycles. The molecule has 0 radical (unpaired) electrons. The predicted molar refractivity (Wildman–Crippen MR) is 81.1 cm³/mol. The topological polar surface area (TPSA) is 55.9 Å². The zero-order valence-corrected chi connectivity index (χ0v) is 12.9. The van der Waals surface area contributed by atoms with Crippen molar-refractivity contribution in [1.29, 1.82) is 0 Å². The van der Waals surface area contributed by atoms with Gasteiger partial charge in [0.15, 0.2) is 5.82 Å². The Hall–Kier alpha value is -1.62. The van der Waals surface area contributed by atoms with Crippen molar-refractivity contribution in [2.75, 3.05) is 6.54 Å². The molecule has 2 heterocycles. The van der Waals surface area contributed by atoms with Crippen molar-refractivity contribution in [2.45, 2.75) is 58.0 Å². The lowest BCUT2D eigenvalue weighted by Gasteiger charge is -2.14. The van der Waals surface area contributed by atoms with Gasteiger partial charge in [-0.15, -0.1) is 0 Å². The molecule has 0 bridgehead atoms. The van der Waals surface area contributed by atoms with Crippen LogP contribution in [-0.4, -0.2) is 21.3 Å². The molecule has 1 atom stereocenters. The van der Waals surface area contributed by atoms with E-state index in [0.29, 0.717) is 24.4 Å². The fraction of sp³-hybridized carbons (Fsp3) is 0.625. The van der Waals surface area contributed by atoms with Crippen molar-refractivity contribution < 1.29 is 4.52 Å². The average Bonchev–Trinajstić information content (AvgIpc) is 3.07. The average molecular weight is 288 g/mol. The van der Waals surface area contributed by atoms with Gasteiger partial charge in [0.2, 0.25) is 5.89 Å². The van der Waals surface area contributed by atoms with Crippen molar-refractivity contribution >= 4 is 0 Å². The number of nitrogens with one attached hydrogen (secondary N) is 1. The highest BCUT2D eigenvalue weighted by atomic mass is 16.5. The number of hydrogen-bond acceptors (Lipinski definition) is 4. The van der Waals surface area contributed by atoms with E-state index in [1.54, 1.807) is 0 Å². The Bertz CT molecular complexity index is 570. The first-order valence-electron chi connectivity index (χ1n) is 8.01. The Kier molecular flexibility index (Phi) is 4.39. The molecule has 3 rings (SSSR count). The molecule has 0 saturated heterocycles. The fourth-order valence-electron chi connectivity index (χ4n) is 2.58. The monoisotopic (exact) mass is 288 g/mol. The molecule has 21 heavy (non-hydrogen) atoms. The summed E-state index contributed by atoms with van der Waals surface area (Å²) in [4.78, 5) is 4.48. The maximum atomic E-state index is 5.33. The van der Waals surface area contributed by atoms with E-state index in [4.69, 9.17) is 4.52 Å². The lowest BCUT2D eigenvalue weighted by atomic mass is 10.1. The molecule has 0 amide bonds. The second kappa shape index (κ2) is 6.43. The van der Waals surface area contributed by atoms with Crippen LogP contribution >= 0.6 is 0 Å². The van der Waals surface area contributed by atoms with E-state index in [2.05, 4.69) is 52.3 Å². The molecule has 2 aromatic heterocycles. The summed E-state index contributed by atoms with van der Waals surface area (Å²) in [6, 6.07) is 2.60. The van der Waals surface area contributed by atoms with Crippen LogP contribution in [0.5, 0.6) is 0 Å². The zero-order valence-electron chi connectivity index (χ0n) is 12.9. The van der Waals surface area contributed by atoms with E-state index in [-0.39, 0.29) is 0 Å². The summed E-state index contributed by atoms with van der Waals surface area (Å²) in [6.07, 6.45) is 8.92. The first-order chi connectivity index (χ1) is 10.3. The summed E-state index contributed by atoms with van der Waals surface area (Å²) >= 11 is 0. The van der Waals surface area contributed by atoms with Crippen LogP contribution in [0.3, 0.4) is 0 Å². The SMILES string of the molecule is CCCNC(CC)c1ccn(Cc2nc(C3CC3)no2)c1. The molecule has 0 spiro atoms. The largest absolute Gasteiger partial charge is 0.345 e. The molecule has 1 N–H and O–H groups in total. The minimum Gasteiger partial charge on any atom is -0.345 e. The molecule has 1 saturated carbocycles.